The van der Waals surface area contributed by atoms with Gasteiger partial charge in [-0.15, -0.1) is 0 Å². The molecule has 0 fully saturated rings. The van der Waals surface area contributed by atoms with Gasteiger partial charge in [-0.1, -0.05) is 121 Å². The quantitative estimate of drug-likeness (QED) is 0.172. The molecule has 56 heavy (non-hydrogen) atoms. The van der Waals surface area contributed by atoms with E-state index in [2.05, 4.69) is 155 Å². The van der Waals surface area contributed by atoms with E-state index in [1.807, 2.05) is 48.8 Å². The number of rotatable bonds is 6. The minimum absolute atomic E-state index is 0.661. The zero-order chi connectivity index (χ0) is 37.0. The zero-order valence-corrected chi connectivity index (χ0v) is 30.2. The van der Waals surface area contributed by atoms with E-state index >= 15 is 0 Å². The summed E-state index contributed by atoms with van der Waals surface area (Å²) in [6.07, 6.45) is 3.73. The lowest BCUT2D eigenvalue weighted by Crippen LogP contribution is -2.02. The molecule has 6 aromatic carbocycles. The van der Waals surface area contributed by atoms with E-state index in [0.717, 1.165) is 88.9 Å². The number of nitrogens with zero attached hydrogens (tertiary/aromatic N) is 6. The van der Waals surface area contributed by atoms with E-state index < -0.39 is 0 Å². The lowest BCUT2D eigenvalue weighted by Gasteiger charge is -2.16. The summed E-state index contributed by atoms with van der Waals surface area (Å²) in [6, 6.07) is 63.4. The van der Waals surface area contributed by atoms with Gasteiger partial charge in [0.1, 0.15) is 11.3 Å². The molecule has 0 radical (unpaired) electrons. The van der Waals surface area contributed by atoms with Crippen LogP contribution >= 0.6 is 0 Å². The van der Waals surface area contributed by atoms with Crippen molar-refractivity contribution < 1.29 is 0 Å². The summed E-state index contributed by atoms with van der Waals surface area (Å²) in [7, 11) is 0. The SMILES string of the molecule is c1ccc(-c2ccc(-c3cc(-c4cc(-n5c6ccccc6c6cccnc65)cc(-n5c6ccccc6c6cccnc65)c4)nc(-c4ccccc4)n3)cc2)cc1. The summed E-state index contributed by atoms with van der Waals surface area (Å²) < 4.78 is 4.53. The normalized spacial score (nSPS) is 11.6. The Kier molecular flexibility index (Phi) is 7.38. The Morgan fingerprint density at radius 3 is 1.34 bits per heavy atom. The molecule has 6 nitrogen and oxygen atoms in total. The van der Waals surface area contributed by atoms with Gasteiger partial charge in [-0.2, -0.15) is 0 Å². The number of pyridine rings is 2. The highest BCUT2D eigenvalue weighted by Crippen LogP contribution is 2.38. The smallest absolute Gasteiger partial charge is 0.160 e. The maximum Gasteiger partial charge on any atom is 0.160 e. The van der Waals surface area contributed by atoms with Gasteiger partial charge in [0.2, 0.25) is 0 Å². The van der Waals surface area contributed by atoms with E-state index in [1.54, 1.807) is 0 Å². The van der Waals surface area contributed by atoms with Gasteiger partial charge in [-0.05, 0) is 71.8 Å². The Morgan fingerprint density at radius 1 is 0.321 bits per heavy atom. The largest absolute Gasteiger partial charge is 0.294 e. The molecule has 5 heterocycles. The molecular formula is C50H32N6. The van der Waals surface area contributed by atoms with E-state index in [9.17, 15) is 0 Å². The second kappa shape index (κ2) is 13.0. The summed E-state index contributed by atoms with van der Waals surface area (Å²) in [5.74, 6) is 0.661. The van der Waals surface area contributed by atoms with Crippen molar-refractivity contribution in [1.29, 1.82) is 0 Å². The van der Waals surface area contributed by atoms with Crippen molar-refractivity contribution in [3.8, 4) is 56.4 Å². The average molecular weight is 717 g/mol. The van der Waals surface area contributed by atoms with Crippen LogP contribution in [0.1, 0.15) is 0 Å². The van der Waals surface area contributed by atoms with Crippen LogP contribution in [-0.4, -0.2) is 29.1 Å². The van der Waals surface area contributed by atoms with Crippen molar-refractivity contribution in [2.75, 3.05) is 0 Å². The van der Waals surface area contributed by atoms with Gasteiger partial charge in [0, 0.05) is 50.6 Å². The number of benzene rings is 6. The molecule has 0 aliphatic carbocycles. The third-order valence-electron chi connectivity index (χ3n) is 10.6. The standard InChI is InChI=1S/C50H32N6/c1-3-13-33(14-4-1)34-23-25-35(26-24-34)44-32-45(54-48(53-44)36-15-5-2-6-16-36)37-29-38(55-46-21-9-7-17-40(46)42-19-11-27-51-49(42)55)31-39(30-37)56-47-22-10-8-18-41(47)43-20-12-28-52-50(43)56/h1-32H. The van der Waals surface area contributed by atoms with Crippen LogP contribution in [0, 0.1) is 0 Å². The van der Waals surface area contributed by atoms with Crippen molar-refractivity contribution in [3.63, 3.8) is 0 Å². The summed E-state index contributed by atoms with van der Waals surface area (Å²) in [5.41, 5.74) is 12.8. The first-order chi connectivity index (χ1) is 27.8. The summed E-state index contributed by atoms with van der Waals surface area (Å²) in [4.78, 5) is 20.4. The third-order valence-corrected chi connectivity index (χ3v) is 10.6. The van der Waals surface area contributed by atoms with Gasteiger partial charge in [0.05, 0.1) is 33.8 Å². The summed E-state index contributed by atoms with van der Waals surface area (Å²) in [5, 5.41) is 4.50. The highest BCUT2D eigenvalue weighted by Gasteiger charge is 2.19. The predicted molar refractivity (Wildman–Crippen MR) is 228 cm³/mol. The van der Waals surface area contributed by atoms with Crippen LogP contribution in [0.3, 0.4) is 0 Å². The van der Waals surface area contributed by atoms with Gasteiger partial charge in [0.15, 0.2) is 5.82 Å². The Balaban J connectivity index is 1.19. The molecule has 6 heteroatoms. The van der Waals surface area contributed by atoms with Crippen molar-refractivity contribution in [2.45, 2.75) is 0 Å². The number of aromatic nitrogens is 6. The third kappa shape index (κ3) is 5.27. The van der Waals surface area contributed by atoms with Crippen LogP contribution in [0.2, 0.25) is 0 Å². The number of para-hydroxylation sites is 2. The summed E-state index contributed by atoms with van der Waals surface area (Å²) in [6.45, 7) is 0. The van der Waals surface area contributed by atoms with Gasteiger partial charge in [-0.25, -0.2) is 19.9 Å². The molecule has 0 saturated heterocycles. The van der Waals surface area contributed by atoms with E-state index in [1.165, 1.54) is 5.56 Å². The molecule has 0 amide bonds. The maximum atomic E-state index is 5.30. The van der Waals surface area contributed by atoms with Crippen molar-refractivity contribution in [3.05, 3.63) is 194 Å². The Hall–Kier alpha value is -7.70. The minimum Gasteiger partial charge on any atom is -0.294 e. The lowest BCUT2D eigenvalue weighted by molar-refractivity contribution is 1.09. The van der Waals surface area contributed by atoms with Gasteiger partial charge in [-0.3, -0.25) is 9.13 Å². The molecule has 5 aromatic heterocycles. The molecule has 11 aromatic rings. The van der Waals surface area contributed by atoms with Crippen molar-refractivity contribution >= 4 is 43.9 Å². The van der Waals surface area contributed by atoms with Crippen LogP contribution < -0.4 is 0 Å². The molecule has 0 spiro atoms. The fraction of sp³-hybridized carbons (Fsp3) is 0. The molecule has 0 N–H and O–H groups in total. The van der Waals surface area contributed by atoms with Crippen molar-refractivity contribution in [1.82, 2.24) is 29.1 Å². The topological polar surface area (TPSA) is 61.4 Å². The molecule has 262 valence electrons. The fourth-order valence-electron chi connectivity index (χ4n) is 8.04. The van der Waals surface area contributed by atoms with Crippen LogP contribution in [0.25, 0.3) is 100 Å². The summed E-state index contributed by atoms with van der Waals surface area (Å²) >= 11 is 0. The Bertz CT molecular complexity index is 3000. The van der Waals surface area contributed by atoms with Gasteiger partial charge in [0.25, 0.3) is 0 Å². The number of fused-ring (bicyclic) bond motifs is 6. The van der Waals surface area contributed by atoms with E-state index in [-0.39, 0.29) is 0 Å². The van der Waals surface area contributed by atoms with Crippen LogP contribution in [-0.2, 0) is 0 Å². The molecule has 0 bridgehead atoms. The average Bonchev–Trinajstić information content (AvgIpc) is 3.80. The molecule has 0 atom stereocenters. The maximum absolute atomic E-state index is 5.30. The minimum atomic E-state index is 0.661. The first-order valence-corrected chi connectivity index (χ1v) is 18.7. The monoisotopic (exact) mass is 716 g/mol. The molecule has 11 rings (SSSR count). The molecule has 0 unspecified atom stereocenters. The Morgan fingerprint density at radius 2 is 0.768 bits per heavy atom. The molecule has 0 aliphatic heterocycles. The second-order valence-electron chi connectivity index (χ2n) is 14.0. The molecule has 0 aliphatic rings. The highest BCUT2D eigenvalue weighted by molar-refractivity contribution is 6.09. The zero-order valence-electron chi connectivity index (χ0n) is 30.2. The molecular weight excluding hydrogens is 685 g/mol. The predicted octanol–water partition coefficient (Wildman–Crippen LogP) is 12.1. The second-order valence-corrected chi connectivity index (χ2v) is 14.0. The number of hydrogen-bond donors (Lipinski definition) is 0. The first kappa shape index (κ1) is 31.8. The Labute approximate surface area is 322 Å². The molecule has 0 saturated carbocycles. The fourth-order valence-corrected chi connectivity index (χ4v) is 8.04. The van der Waals surface area contributed by atoms with Crippen LogP contribution in [0.5, 0.6) is 0 Å². The first-order valence-electron chi connectivity index (χ1n) is 18.7. The number of hydrogen-bond acceptors (Lipinski definition) is 4. The van der Waals surface area contributed by atoms with Crippen molar-refractivity contribution in [2.24, 2.45) is 0 Å². The lowest BCUT2D eigenvalue weighted by atomic mass is 10.0. The van der Waals surface area contributed by atoms with E-state index in [4.69, 9.17) is 19.9 Å². The van der Waals surface area contributed by atoms with Gasteiger partial charge < -0.3 is 0 Å². The van der Waals surface area contributed by atoms with Crippen LogP contribution in [0.15, 0.2) is 194 Å². The van der Waals surface area contributed by atoms with Crippen LogP contribution in [0.4, 0.5) is 0 Å². The van der Waals surface area contributed by atoms with Gasteiger partial charge >= 0.3 is 0 Å². The van der Waals surface area contributed by atoms with E-state index in [0.29, 0.717) is 5.82 Å². The highest BCUT2D eigenvalue weighted by atomic mass is 15.1.